The first-order valence-corrected chi connectivity index (χ1v) is 13.6. The molecule has 1 aliphatic carbocycles. The molecular formula is C20H30N4O5S2. The number of sulfonamides is 1. The van der Waals surface area contributed by atoms with Crippen molar-refractivity contribution in [2.45, 2.75) is 62.1 Å². The Labute approximate surface area is 184 Å². The molecule has 1 aliphatic rings. The maximum Gasteiger partial charge on any atom is 0.315 e. The van der Waals surface area contributed by atoms with Crippen LogP contribution in [0, 0.1) is 5.92 Å². The molecule has 2 aromatic rings. The van der Waals surface area contributed by atoms with E-state index in [4.69, 9.17) is 4.42 Å². The van der Waals surface area contributed by atoms with Crippen LogP contribution >= 0.6 is 0 Å². The Hall–Kier alpha value is -1.98. The molecule has 1 saturated carbocycles. The van der Waals surface area contributed by atoms with Crippen LogP contribution in [0.5, 0.6) is 0 Å². The first-order valence-electron chi connectivity index (χ1n) is 10.2. The van der Waals surface area contributed by atoms with Gasteiger partial charge in [-0.2, -0.15) is 0 Å². The number of sulfone groups is 1. The third-order valence-corrected chi connectivity index (χ3v) is 8.78. The minimum Gasteiger partial charge on any atom is -0.403 e. The Kier molecular flexibility index (Phi) is 6.78. The average molecular weight is 471 g/mol. The number of hydrogen-bond donors (Lipinski definition) is 2. The lowest BCUT2D eigenvalue weighted by Gasteiger charge is -2.29. The lowest BCUT2D eigenvalue weighted by Crippen LogP contribution is -2.42. The molecule has 0 aliphatic heterocycles. The van der Waals surface area contributed by atoms with Crippen LogP contribution in [0.2, 0.25) is 0 Å². The quantitative estimate of drug-likeness (QED) is 0.631. The number of rotatable bonds is 7. The number of benzene rings is 1. The van der Waals surface area contributed by atoms with Crippen LogP contribution in [-0.4, -0.2) is 50.6 Å². The van der Waals surface area contributed by atoms with E-state index in [0.717, 1.165) is 31.9 Å². The molecule has 1 aromatic heterocycles. The predicted molar refractivity (Wildman–Crippen MR) is 119 cm³/mol. The number of nitrogens with one attached hydrogen (secondary N) is 2. The molecule has 3 rings (SSSR count). The molecule has 0 atom stereocenters. The minimum atomic E-state index is -3.33. The van der Waals surface area contributed by atoms with Crippen molar-refractivity contribution >= 4 is 25.9 Å². The molecule has 0 bridgehead atoms. The van der Waals surface area contributed by atoms with Crippen molar-refractivity contribution in [3.63, 3.8) is 0 Å². The maximum atomic E-state index is 12.2. The van der Waals surface area contributed by atoms with Crippen molar-refractivity contribution in [2.75, 3.05) is 18.1 Å². The van der Waals surface area contributed by atoms with Crippen LogP contribution in [0.15, 0.2) is 33.6 Å². The van der Waals surface area contributed by atoms with Gasteiger partial charge in [0.25, 0.3) is 0 Å². The van der Waals surface area contributed by atoms with Gasteiger partial charge in [-0.1, -0.05) is 5.10 Å². The zero-order valence-electron chi connectivity index (χ0n) is 18.3. The van der Waals surface area contributed by atoms with Crippen molar-refractivity contribution in [3.05, 3.63) is 24.3 Å². The van der Waals surface area contributed by atoms with E-state index in [9.17, 15) is 16.8 Å². The van der Waals surface area contributed by atoms with Gasteiger partial charge < -0.3 is 9.73 Å². The van der Waals surface area contributed by atoms with E-state index in [1.807, 2.05) is 0 Å². The van der Waals surface area contributed by atoms with E-state index in [1.54, 1.807) is 32.9 Å². The summed E-state index contributed by atoms with van der Waals surface area (Å²) in [6, 6.07) is 6.79. The lowest BCUT2D eigenvalue weighted by atomic mass is 9.86. The third kappa shape index (κ3) is 6.05. The van der Waals surface area contributed by atoms with Crippen LogP contribution in [0.25, 0.3) is 11.5 Å². The molecule has 0 radical (unpaired) electrons. The molecule has 0 unspecified atom stereocenters. The Bertz CT molecular complexity index is 1100. The van der Waals surface area contributed by atoms with Crippen molar-refractivity contribution in [2.24, 2.45) is 5.92 Å². The normalized spacial score (nSPS) is 20.5. The molecule has 172 valence electrons. The zero-order chi connectivity index (χ0) is 22.9. The fourth-order valence-corrected chi connectivity index (χ4v) is 4.89. The highest BCUT2D eigenvalue weighted by atomic mass is 32.2. The number of aromatic nitrogens is 2. The first-order chi connectivity index (χ1) is 14.3. The second-order valence-electron chi connectivity index (χ2n) is 9.04. The van der Waals surface area contributed by atoms with E-state index in [0.29, 0.717) is 29.9 Å². The van der Waals surface area contributed by atoms with Crippen LogP contribution in [0.1, 0.15) is 46.5 Å². The first kappa shape index (κ1) is 23.7. The highest BCUT2D eigenvalue weighted by molar-refractivity contribution is 7.91. The Morgan fingerprint density at radius 3 is 2.16 bits per heavy atom. The predicted octanol–water partition coefficient (Wildman–Crippen LogP) is 2.83. The van der Waals surface area contributed by atoms with Crippen molar-refractivity contribution in [1.29, 1.82) is 0 Å². The topological polar surface area (TPSA) is 131 Å². The molecule has 1 aromatic carbocycles. The summed E-state index contributed by atoms with van der Waals surface area (Å²) in [6.45, 7) is 5.53. The summed E-state index contributed by atoms with van der Waals surface area (Å²) in [7, 11) is -6.58. The summed E-state index contributed by atoms with van der Waals surface area (Å²) in [5.74, 6) is 0.620. The van der Waals surface area contributed by atoms with Crippen molar-refractivity contribution in [1.82, 2.24) is 14.9 Å². The highest BCUT2D eigenvalue weighted by Gasteiger charge is 2.30. The summed E-state index contributed by atoms with van der Waals surface area (Å²) < 4.78 is 55.2. The largest absolute Gasteiger partial charge is 0.403 e. The number of nitrogens with zero attached hydrogens (tertiary/aromatic N) is 2. The zero-order valence-corrected chi connectivity index (χ0v) is 19.9. The van der Waals surface area contributed by atoms with Gasteiger partial charge in [-0.15, -0.1) is 5.10 Å². The fraction of sp³-hybridized carbons (Fsp3) is 0.600. The molecule has 1 fully saturated rings. The smallest absolute Gasteiger partial charge is 0.315 e. The second kappa shape index (κ2) is 8.87. The van der Waals surface area contributed by atoms with E-state index in [-0.39, 0.29) is 10.9 Å². The van der Waals surface area contributed by atoms with E-state index < -0.39 is 24.6 Å². The summed E-state index contributed by atoms with van der Waals surface area (Å²) in [6.07, 6.45) is 4.72. The monoisotopic (exact) mass is 470 g/mol. The van der Waals surface area contributed by atoms with Gasteiger partial charge in [0, 0.05) is 24.4 Å². The van der Waals surface area contributed by atoms with Gasteiger partial charge in [0.15, 0.2) is 9.84 Å². The molecule has 0 spiro atoms. The van der Waals surface area contributed by atoms with Gasteiger partial charge in [-0.05, 0) is 76.6 Å². The molecule has 0 saturated heterocycles. The van der Waals surface area contributed by atoms with Gasteiger partial charge in [-0.25, -0.2) is 21.6 Å². The van der Waals surface area contributed by atoms with Crippen LogP contribution < -0.4 is 10.0 Å². The SMILES string of the molecule is CC(C)(C)S(=O)(=O)NC[C@H]1CC[C@H](Nc2nnc(-c3ccc(S(C)(=O)=O)cc3)o2)CC1. The van der Waals surface area contributed by atoms with Crippen molar-refractivity contribution in [3.8, 4) is 11.5 Å². The number of hydrogen-bond acceptors (Lipinski definition) is 8. The molecular weight excluding hydrogens is 440 g/mol. The highest BCUT2D eigenvalue weighted by Crippen LogP contribution is 2.28. The van der Waals surface area contributed by atoms with Crippen molar-refractivity contribution < 1.29 is 21.3 Å². The molecule has 31 heavy (non-hydrogen) atoms. The fourth-order valence-electron chi connectivity index (χ4n) is 3.37. The summed E-state index contributed by atoms with van der Waals surface area (Å²) in [5.41, 5.74) is 0.641. The summed E-state index contributed by atoms with van der Waals surface area (Å²) in [5, 5.41) is 11.3. The molecule has 9 nitrogen and oxygen atoms in total. The number of anilines is 1. The van der Waals surface area contributed by atoms with E-state index in [2.05, 4.69) is 20.2 Å². The van der Waals surface area contributed by atoms with Gasteiger partial charge in [0.1, 0.15) is 0 Å². The summed E-state index contributed by atoms with van der Waals surface area (Å²) >= 11 is 0. The Balaban J connectivity index is 1.51. The van der Waals surface area contributed by atoms with Crippen LogP contribution in [0.3, 0.4) is 0 Å². The lowest BCUT2D eigenvalue weighted by molar-refractivity contribution is 0.333. The van der Waals surface area contributed by atoms with Gasteiger partial charge >= 0.3 is 6.01 Å². The average Bonchev–Trinajstić information content (AvgIpc) is 3.14. The third-order valence-electron chi connectivity index (χ3n) is 5.50. The van der Waals surface area contributed by atoms with Crippen LogP contribution in [-0.2, 0) is 19.9 Å². The summed E-state index contributed by atoms with van der Waals surface area (Å²) in [4.78, 5) is 0.232. The second-order valence-corrected chi connectivity index (χ2v) is 13.6. The van der Waals surface area contributed by atoms with Gasteiger partial charge in [0.05, 0.1) is 9.64 Å². The molecule has 11 heteroatoms. The maximum absolute atomic E-state index is 12.2. The van der Waals surface area contributed by atoms with Crippen LogP contribution in [0.4, 0.5) is 6.01 Å². The standard InChI is InChI=1S/C20H30N4O5S2/c1-20(2,3)31(27,28)21-13-14-5-9-16(10-6-14)22-19-24-23-18(29-19)15-7-11-17(12-8-15)30(4,25)26/h7-8,11-12,14,16,21H,5-6,9-10,13H2,1-4H3,(H,22,24)/t14-,16-. The van der Waals surface area contributed by atoms with Gasteiger partial charge in [0.2, 0.25) is 15.9 Å². The Morgan fingerprint density at radius 1 is 1.00 bits per heavy atom. The molecule has 2 N–H and O–H groups in total. The molecule has 0 amide bonds. The Morgan fingerprint density at radius 2 is 1.61 bits per heavy atom. The van der Waals surface area contributed by atoms with E-state index in [1.165, 1.54) is 12.1 Å². The van der Waals surface area contributed by atoms with E-state index >= 15 is 0 Å². The van der Waals surface area contributed by atoms with Gasteiger partial charge in [-0.3, -0.25) is 0 Å². The molecule has 1 heterocycles. The minimum absolute atomic E-state index is 0.177.